The van der Waals surface area contributed by atoms with Gasteiger partial charge < -0.3 is 16.0 Å². The second-order valence-electron chi connectivity index (χ2n) is 6.29. The number of carbonyl (C=O) groups is 2. The highest BCUT2D eigenvalue weighted by Gasteiger charge is 2.32. The zero-order chi connectivity index (χ0) is 20.4. The molecule has 8 nitrogen and oxygen atoms in total. The first-order valence-corrected chi connectivity index (χ1v) is 8.75. The fraction of sp³-hybridized carbons (Fsp3) is 0.158. The van der Waals surface area contributed by atoms with E-state index in [1.165, 1.54) is 18.2 Å². The van der Waals surface area contributed by atoms with Gasteiger partial charge in [-0.25, -0.2) is 4.79 Å². The lowest BCUT2D eigenvalue weighted by Crippen LogP contribution is -2.46. The molecule has 0 aliphatic carbocycles. The summed E-state index contributed by atoms with van der Waals surface area (Å²) in [6.45, 7) is 3.38. The van der Waals surface area contributed by atoms with Gasteiger partial charge in [-0.1, -0.05) is 29.8 Å². The first-order chi connectivity index (χ1) is 13.3. The van der Waals surface area contributed by atoms with Gasteiger partial charge in [0.25, 0.3) is 11.6 Å². The average Bonchev–Trinajstić information content (AvgIpc) is 2.64. The summed E-state index contributed by atoms with van der Waals surface area (Å²) >= 11 is 6.11. The third-order valence-electron chi connectivity index (χ3n) is 4.44. The number of anilines is 1. The Hall–Kier alpha value is -3.39. The Morgan fingerprint density at radius 1 is 1.21 bits per heavy atom. The summed E-state index contributed by atoms with van der Waals surface area (Å²) in [5, 5.41) is 19.6. The highest BCUT2D eigenvalue weighted by molar-refractivity contribution is 6.31. The summed E-state index contributed by atoms with van der Waals surface area (Å²) in [4.78, 5) is 35.5. The van der Waals surface area contributed by atoms with E-state index in [1.807, 2.05) is 0 Å². The van der Waals surface area contributed by atoms with Crippen LogP contribution in [0.3, 0.4) is 0 Å². The summed E-state index contributed by atoms with van der Waals surface area (Å²) in [5.74, 6) is -0.452. The molecule has 1 atom stereocenters. The molecule has 9 heteroatoms. The van der Waals surface area contributed by atoms with Gasteiger partial charge in [-0.3, -0.25) is 14.9 Å². The molecule has 0 saturated carbocycles. The van der Waals surface area contributed by atoms with E-state index in [1.54, 1.807) is 38.1 Å². The van der Waals surface area contributed by atoms with Crippen molar-refractivity contribution in [3.8, 4) is 0 Å². The molecule has 0 fully saturated rings. The maximum Gasteiger partial charge on any atom is 0.319 e. The highest BCUT2D eigenvalue weighted by Crippen LogP contribution is 2.30. The van der Waals surface area contributed by atoms with Crippen LogP contribution in [0.5, 0.6) is 0 Å². The van der Waals surface area contributed by atoms with E-state index in [2.05, 4.69) is 16.0 Å². The van der Waals surface area contributed by atoms with Gasteiger partial charge in [0.15, 0.2) is 0 Å². The number of non-ortho nitro benzene ring substituents is 1. The van der Waals surface area contributed by atoms with Crippen molar-refractivity contribution in [3.05, 3.63) is 80.0 Å². The quantitative estimate of drug-likeness (QED) is 0.534. The Kier molecular flexibility index (Phi) is 5.32. The average molecular weight is 401 g/mol. The van der Waals surface area contributed by atoms with Gasteiger partial charge in [-0.15, -0.1) is 0 Å². The molecule has 0 radical (unpaired) electrons. The normalized spacial score (nSPS) is 16.2. The molecule has 3 amide bonds. The molecule has 0 saturated heterocycles. The van der Waals surface area contributed by atoms with Crippen LogP contribution in [0.4, 0.5) is 16.2 Å². The predicted octanol–water partition coefficient (Wildman–Crippen LogP) is 3.82. The van der Waals surface area contributed by atoms with Crippen molar-refractivity contribution >= 4 is 34.9 Å². The van der Waals surface area contributed by atoms with Gasteiger partial charge in [0.1, 0.15) is 0 Å². The molecular weight excluding hydrogens is 384 g/mol. The largest absolute Gasteiger partial charge is 0.327 e. The molecule has 2 aromatic carbocycles. The Labute approximate surface area is 165 Å². The van der Waals surface area contributed by atoms with E-state index in [9.17, 15) is 19.7 Å². The van der Waals surface area contributed by atoms with Crippen LogP contribution >= 0.6 is 11.6 Å². The van der Waals surface area contributed by atoms with Gasteiger partial charge in [0.2, 0.25) is 0 Å². The summed E-state index contributed by atoms with van der Waals surface area (Å²) in [6.07, 6.45) is 0. The number of carbonyl (C=O) groups excluding carboxylic acids is 2. The maximum atomic E-state index is 13.0. The molecule has 1 heterocycles. The number of halogens is 1. The number of benzene rings is 2. The fourth-order valence-corrected chi connectivity index (χ4v) is 3.17. The third kappa shape index (κ3) is 3.81. The predicted molar refractivity (Wildman–Crippen MR) is 105 cm³/mol. The standard InChI is InChI=1S/C19H17ClN4O4/c1-10-14(20)7-4-8-15(10)22-18(25)16-11(2)21-19(26)23-17(16)12-5-3-6-13(9-12)24(27)28/h3-9,17H,1-2H3,(H,22,25)(H2,21,23,26)/t17-/m1/s1. The molecule has 0 spiro atoms. The minimum Gasteiger partial charge on any atom is -0.327 e. The number of nitrogens with one attached hydrogen (secondary N) is 3. The molecule has 0 unspecified atom stereocenters. The fourth-order valence-electron chi connectivity index (χ4n) is 3.00. The molecule has 28 heavy (non-hydrogen) atoms. The topological polar surface area (TPSA) is 113 Å². The lowest BCUT2D eigenvalue weighted by atomic mass is 9.94. The van der Waals surface area contributed by atoms with E-state index < -0.39 is 22.9 Å². The Morgan fingerprint density at radius 2 is 1.93 bits per heavy atom. The molecule has 144 valence electrons. The lowest BCUT2D eigenvalue weighted by molar-refractivity contribution is -0.384. The summed E-state index contributed by atoms with van der Waals surface area (Å²) in [6, 6.07) is 9.61. The number of rotatable bonds is 4. The van der Waals surface area contributed by atoms with Crippen LogP contribution in [0.25, 0.3) is 0 Å². The number of nitro benzene ring substituents is 1. The third-order valence-corrected chi connectivity index (χ3v) is 4.85. The van der Waals surface area contributed by atoms with E-state index >= 15 is 0 Å². The zero-order valence-electron chi connectivity index (χ0n) is 15.1. The van der Waals surface area contributed by atoms with Crippen molar-refractivity contribution in [1.29, 1.82) is 0 Å². The number of amides is 3. The smallest absolute Gasteiger partial charge is 0.319 e. The minimum absolute atomic E-state index is 0.131. The van der Waals surface area contributed by atoms with Crippen LogP contribution in [-0.2, 0) is 4.79 Å². The van der Waals surface area contributed by atoms with Crippen LogP contribution < -0.4 is 16.0 Å². The summed E-state index contributed by atoms with van der Waals surface area (Å²) in [7, 11) is 0. The molecule has 3 rings (SSSR count). The van der Waals surface area contributed by atoms with Crippen molar-refractivity contribution in [2.75, 3.05) is 5.32 Å². The van der Waals surface area contributed by atoms with Gasteiger partial charge in [0.05, 0.1) is 16.5 Å². The summed E-state index contributed by atoms with van der Waals surface area (Å²) < 4.78 is 0. The second kappa shape index (κ2) is 7.69. The molecule has 3 N–H and O–H groups in total. The van der Waals surface area contributed by atoms with Crippen LogP contribution in [0.15, 0.2) is 53.7 Å². The van der Waals surface area contributed by atoms with E-state index in [0.29, 0.717) is 27.5 Å². The van der Waals surface area contributed by atoms with Gasteiger partial charge in [-0.05, 0) is 37.1 Å². The number of nitrogens with zero attached hydrogens (tertiary/aromatic N) is 1. The van der Waals surface area contributed by atoms with Crippen molar-refractivity contribution in [2.24, 2.45) is 0 Å². The van der Waals surface area contributed by atoms with Crippen molar-refractivity contribution in [2.45, 2.75) is 19.9 Å². The second-order valence-corrected chi connectivity index (χ2v) is 6.70. The van der Waals surface area contributed by atoms with E-state index in [4.69, 9.17) is 11.6 Å². The maximum absolute atomic E-state index is 13.0. The number of urea groups is 1. The first-order valence-electron chi connectivity index (χ1n) is 8.37. The van der Waals surface area contributed by atoms with Crippen molar-refractivity contribution < 1.29 is 14.5 Å². The molecule has 1 aliphatic heterocycles. The molecule has 0 aromatic heterocycles. The monoisotopic (exact) mass is 400 g/mol. The number of nitro groups is 1. The molecular formula is C19H17ClN4O4. The Balaban J connectivity index is 2.00. The van der Waals surface area contributed by atoms with Crippen LogP contribution in [0.2, 0.25) is 5.02 Å². The zero-order valence-corrected chi connectivity index (χ0v) is 15.8. The Morgan fingerprint density at radius 3 is 2.64 bits per heavy atom. The number of hydrogen-bond donors (Lipinski definition) is 3. The van der Waals surface area contributed by atoms with Crippen molar-refractivity contribution in [3.63, 3.8) is 0 Å². The molecule has 1 aliphatic rings. The van der Waals surface area contributed by atoms with Crippen LogP contribution in [0, 0.1) is 17.0 Å². The lowest BCUT2D eigenvalue weighted by Gasteiger charge is -2.28. The first kappa shape index (κ1) is 19.4. The summed E-state index contributed by atoms with van der Waals surface area (Å²) in [5.41, 5.74) is 2.14. The van der Waals surface area contributed by atoms with E-state index in [0.717, 1.165) is 0 Å². The van der Waals surface area contributed by atoms with Gasteiger partial charge in [-0.2, -0.15) is 0 Å². The molecule has 0 bridgehead atoms. The van der Waals surface area contributed by atoms with Crippen molar-refractivity contribution in [1.82, 2.24) is 10.6 Å². The van der Waals surface area contributed by atoms with Crippen LogP contribution in [0.1, 0.15) is 24.1 Å². The minimum atomic E-state index is -0.840. The van der Waals surface area contributed by atoms with Gasteiger partial charge >= 0.3 is 6.03 Å². The number of allylic oxidation sites excluding steroid dienone is 1. The highest BCUT2D eigenvalue weighted by atomic mass is 35.5. The SMILES string of the molecule is CC1=C(C(=O)Nc2cccc(Cl)c2C)[C@@H](c2cccc([N+](=O)[O-])c2)NC(=O)N1. The van der Waals surface area contributed by atoms with E-state index in [-0.39, 0.29) is 11.3 Å². The van der Waals surface area contributed by atoms with Gasteiger partial charge in [0, 0.05) is 28.5 Å². The molecule has 2 aromatic rings. The Bertz CT molecular complexity index is 1020. The van der Waals surface area contributed by atoms with Crippen LogP contribution in [-0.4, -0.2) is 16.9 Å². The number of hydrogen-bond acceptors (Lipinski definition) is 4.